The zero-order valence-electron chi connectivity index (χ0n) is 20.9. The highest BCUT2D eigenvalue weighted by Crippen LogP contribution is 2.25. The molecule has 2 aromatic rings. The summed E-state index contributed by atoms with van der Waals surface area (Å²) in [5, 5.41) is 0. The molecule has 3 rings (SSSR count). The number of nitrogens with zero attached hydrogens (tertiary/aromatic N) is 4. The molecule has 1 heterocycles. The molecule has 0 unspecified atom stereocenters. The summed E-state index contributed by atoms with van der Waals surface area (Å²) in [5.41, 5.74) is 2.05. The van der Waals surface area contributed by atoms with Crippen LogP contribution in [0, 0.1) is 5.82 Å². The number of urea groups is 1. The van der Waals surface area contributed by atoms with Crippen molar-refractivity contribution in [2.75, 3.05) is 27.2 Å². The molecule has 3 amide bonds. The van der Waals surface area contributed by atoms with Crippen molar-refractivity contribution in [1.82, 2.24) is 19.3 Å². The molecule has 0 bridgehead atoms. The van der Waals surface area contributed by atoms with Gasteiger partial charge in [0, 0.05) is 45.1 Å². The third-order valence-corrected chi connectivity index (χ3v) is 6.62. The topological polar surface area (TPSA) is 48.8 Å². The second kappa shape index (κ2) is 12.6. The molecule has 186 valence electrons. The average Bonchev–Trinajstić information content (AvgIpc) is 3.28. The van der Waals surface area contributed by atoms with E-state index in [1.54, 1.807) is 36.0 Å². The van der Waals surface area contributed by atoms with E-state index >= 15 is 0 Å². The van der Waals surface area contributed by atoms with Crippen LogP contribution in [0.5, 0.6) is 0 Å². The van der Waals surface area contributed by atoms with Gasteiger partial charge in [-0.3, -0.25) is 4.79 Å². The Morgan fingerprint density at radius 1 is 1.06 bits per heavy atom. The Balaban J connectivity index is 1.78. The number of hydrogen-bond donors (Lipinski definition) is 0. The summed E-state index contributed by atoms with van der Waals surface area (Å²) in [7, 11) is 3.46. The van der Waals surface area contributed by atoms with Gasteiger partial charge in [-0.2, -0.15) is 0 Å². The second-order valence-corrected chi connectivity index (χ2v) is 9.52. The molecule has 1 fully saturated rings. The highest BCUT2D eigenvalue weighted by atomic mass is 19.1. The standard InChI is InChI=1S/C27H39FN4O2/c1-4-5-17-31(27(34)29(2)3)21-26(33)32(24-10-7-6-8-11-24)20-25-12-9-18-30(25)19-22-13-15-23(28)16-14-22/h9,12-16,18,24H,4-8,10-11,17,19-21H2,1-3H3. The number of hydrogen-bond acceptors (Lipinski definition) is 2. The van der Waals surface area contributed by atoms with E-state index in [1.165, 1.54) is 18.6 Å². The van der Waals surface area contributed by atoms with Crippen LogP contribution in [0.1, 0.15) is 63.1 Å². The SMILES string of the molecule is CCCCN(CC(=O)N(Cc1cccn1Cc1ccc(F)cc1)C1CCCCC1)C(=O)N(C)C. The van der Waals surface area contributed by atoms with Crippen LogP contribution in [0.3, 0.4) is 0 Å². The molecular weight excluding hydrogens is 431 g/mol. The molecule has 1 saturated carbocycles. The van der Waals surface area contributed by atoms with E-state index in [2.05, 4.69) is 11.5 Å². The van der Waals surface area contributed by atoms with Crippen molar-refractivity contribution in [3.05, 3.63) is 59.7 Å². The first-order valence-electron chi connectivity index (χ1n) is 12.5. The number of unbranched alkanes of at least 4 members (excludes halogenated alkanes) is 1. The van der Waals surface area contributed by atoms with Crippen LogP contribution < -0.4 is 0 Å². The molecule has 0 radical (unpaired) electrons. The predicted molar refractivity (Wildman–Crippen MR) is 133 cm³/mol. The monoisotopic (exact) mass is 470 g/mol. The van der Waals surface area contributed by atoms with E-state index in [-0.39, 0.29) is 30.3 Å². The van der Waals surface area contributed by atoms with E-state index < -0.39 is 0 Å². The van der Waals surface area contributed by atoms with E-state index in [0.29, 0.717) is 19.6 Å². The molecule has 1 aliphatic rings. The first kappa shape index (κ1) is 25.8. The third kappa shape index (κ3) is 7.08. The molecule has 0 N–H and O–H groups in total. The number of halogens is 1. The lowest BCUT2D eigenvalue weighted by molar-refractivity contribution is -0.135. The van der Waals surface area contributed by atoms with Crippen molar-refractivity contribution in [3.63, 3.8) is 0 Å². The van der Waals surface area contributed by atoms with Crippen LogP contribution in [0.4, 0.5) is 9.18 Å². The highest BCUT2D eigenvalue weighted by Gasteiger charge is 2.29. The largest absolute Gasteiger partial charge is 0.345 e. The summed E-state index contributed by atoms with van der Waals surface area (Å²) in [5.74, 6) is -0.238. The first-order chi connectivity index (χ1) is 16.4. The van der Waals surface area contributed by atoms with Gasteiger partial charge in [-0.25, -0.2) is 9.18 Å². The molecule has 0 saturated heterocycles. The Kier molecular flexibility index (Phi) is 9.54. The van der Waals surface area contributed by atoms with Gasteiger partial charge in [-0.1, -0.05) is 44.7 Å². The minimum absolute atomic E-state index is 0.00716. The Morgan fingerprint density at radius 3 is 2.41 bits per heavy atom. The lowest BCUT2D eigenvalue weighted by Crippen LogP contribution is -2.49. The molecule has 0 atom stereocenters. The maximum Gasteiger partial charge on any atom is 0.319 e. The van der Waals surface area contributed by atoms with Gasteiger partial charge in [0.25, 0.3) is 0 Å². The van der Waals surface area contributed by atoms with Crippen molar-refractivity contribution in [1.29, 1.82) is 0 Å². The van der Waals surface area contributed by atoms with Gasteiger partial charge in [-0.05, 0) is 49.1 Å². The van der Waals surface area contributed by atoms with Gasteiger partial charge in [-0.15, -0.1) is 0 Å². The molecule has 34 heavy (non-hydrogen) atoms. The van der Waals surface area contributed by atoms with E-state index in [1.807, 2.05) is 23.2 Å². The zero-order chi connectivity index (χ0) is 24.5. The lowest BCUT2D eigenvalue weighted by atomic mass is 9.94. The maximum atomic E-state index is 13.6. The minimum atomic E-state index is -0.245. The van der Waals surface area contributed by atoms with Crippen molar-refractivity contribution in [2.45, 2.75) is 71.0 Å². The normalized spacial score (nSPS) is 14.1. The van der Waals surface area contributed by atoms with Crippen molar-refractivity contribution >= 4 is 11.9 Å². The van der Waals surface area contributed by atoms with Gasteiger partial charge >= 0.3 is 6.03 Å². The Morgan fingerprint density at radius 2 is 1.76 bits per heavy atom. The number of carbonyl (C=O) groups is 2. The highest BCUT2D eigenvalue weighted by molar-refractivity contribution is 5.84. The summed E-state index contributed by atoms with van der Waals surface area (Å²) in [6.45, 7) is 3.90. The molecule has 1 aromatic heterocycles. The van der Waals surface area contributed by atoms with E-state index in [0.717, 1.165) is 49.8 Å². The van der Waals surface area contributed by atoms with Crippen LogP contribution in [-0.2, 0) is 17.9 Å². The summed E-state index contributed by atoms with van der Waals surface area (Å²) < 4.78 is 15.4. The fourth-order valence-corrected chi connectivity index (χ4v) is 4.65. The van der Waals surface area contributed by atoms with E-state index in [9.17, 15) is 14.0 Å². The Hall–Kier alpha value is -2.83. The molecule has 6 nitrogen and oxygen atoms in total. The lowest BCUT2D eigenvalue weighted by Gasteiger charge is -2.36. The predicted octanol–water partition coefficient (Wildman–Crippen LogP) is 5.12. The number of amides is 3. The Bertz CT molecular complexity index is 919. The summed E-state index contributed by atoms with van der Waals surface area (Å²) in [6.07, 6.45) is 9.31. The van der Waals surface area contributed by atoms with Crippen LogP contribution in [-0.4, -0.2) is 64.4 Å². The van der Waals surface area contributed by atoms with Gasteiger partial charge in [0.1, 0.15) is 12.4 Å². The second-order valence-electron chi connectivity index (χ2n) is 9.52. The molecule has 7 heteroatoms. The molecule has 1 aliphatic carbocycles. The number of rotatable bonds is 10. The van der Waals surface area contributed by atoms with Crippen LogP contribution in [0.25, 0.3) is 0 Å². The van der Waals surface area contributed by atoms with Crippen molar-refractivity contribution in [2.24, 2.45) is 0 Å². The zero-order valence-corrected chi connectivity index (χ0v) is 20.9. The number of aromatic nitrogens is 1. The van der Waals surface area contributed by atoms with Crippen molar-refractivity contribution in [3.8, 4) is 0 Å². The quantitative estimate of drug-likeness (QED) is 0.484. The summed E-state index contributed by atoms with van der Waals surface area (Å²) >= 11 is 0. The summed E-state index contributed by atoms with van der Waals surface area (Å²) in [4.78, 5) is 31.6. The fraction of sp³-hybridized carbons (Fsp3) is 0.556. The number of benzene rings is 1. The van der Waals surface area contributed by atoms with Crippen molar-refractivity contribution < 1.29 is 14.0 Å². The average molecular weight is 471 g/mol. The van der Waals surface area contributed by atoms with Gasteiger partial charge in [0.05, 0.1) is 6.54 Å². The minimum Gasteiger partial charge on any atom is -0.345 e. The van der Waals surface area contributed by atoms with Gasteiger partial charge in [0.2, 0.25) is 5.91 Å². The Labute approximate surface area is 203 Å². The molecule has 1 aromatic carbocycles. The third-order valence-electron chi connectivity index (χ3n) is 6.62. The fourth-order valence-electron chi connectivity index (χ4n) is 4.65. The molecular formula is C27H39FN4O2. The van der Waals surface area contributed by atoms with Gasteiger partial charge < -0.3 is 19.3 Å². The van der Waals surface area contributed by atoms with Gasteiger partial charge in [0.15, 0.2) is 0 Å². The molecule has 0 aliphatic heterocycles. The van der Waals surface area contributed by atoms with E-state index in [4.69, 9.17) is 0 Å². The smallest absolute Gasteiger partial charge is 0.319 e. The first-order valence-corrected chi connectivity index (χ1v) is 12.5. The number of carbonyl (C=O) groups excluding carboxylic acids is 2. The molecule has 0 spiro atoms. The summed E-state index contributed by atoms with van der Waals surface area (Å²) in [6, 6.07) is 10.6. The van der Waals surface area contributed by atoms with Crippen LogP contribution >= 0.6 is 0 Å². The maximum absolute atomic E-state index is 13.6. The van der Waals surface area contributed by atoms with Crippen LogP contribution in [0.15, 0.2) is 42.6 Å². The van der Waals surface area contributed by atoms with Crippen LogP contribution in [0.2, 0.25) is 0 Å².